The fraction of sp³-hybridized carbons (Fsp3) is 0.286. The van der Waals surface area contributed by atoms with E-state index < -0.39 is 33.2 Å². The van der Waals surface area contributed by atoms with Crippen molar-refractivity contribution < 1.29 is 28.9 Å². The van der Waals surface area contributed by atoms with Gasteiger partial charge < -0.3 is 14.2 Å². The number of non-ortho nitro benzene ring substituents is 1. The molecule has 0 spiro atoms. The van der Waals surface area contributed by atoms with Crippen molar-refractivity contribution in [3.8, 4) is 17.2 Å². The maximum Gasteiger partial charge on any atom is 0.338 e. The average molecular weight is 687 g/mol. The smallest absolute Gasteiger partial charge is 0.338 e. The number of carbonyl (C=O) groups excluding carboxylic acids is 1. The number of ether oxygens (including phenoxy) is 3. The number of rotatable bonds is 12. The first-order valence-electron chi connectivity index (χ1n) is 15.6. The van der Waals surface area contributed by atoms with Crippen LogP contribution in [0.5, 0.6) is 17.2 Å². The van der Waals surface area contributed by atoms with Crippen LogP contribution in [0.3, 0.4) is 0 Å². The first-order chi connectivity index (χ1) is 23.5. The lowest BCUT2D eigenvalue weighted by Gasteiger charge is -2.26. The van der Waals surface area contributed by atoms with Gasteiger partial charge in [0.25, 0.3) is 11.2 Å². The molecule has 0 saturated heterocycles. The van der Waals surface area contributed by atoms with Crippen molar-refractivity contribution in [2.45, 2.75) is 52.5 Å². The number of allylic oxidation sites excluding steroid dienone is 1. The van der Waals surface area contributed by atoms with E-state index in [4.69, 9.17) is 19.2 Å². The zero-order valence-electron chi connectivity index (χ0n) is 27.5. The maximum absolute atomic E-state index is 14.1. The van der Waals surface area contributed by atoms with Gasteiger partial charge in [-0.05, 0) is 60.2 Å². The number of nitro groups is 2. The van der Waals surface area contributed by atoms with Crippen LogP contribution in [-0.2, 0) is 9.53 Å². The molecule has 254 valence electrons. The van der Waals surface area contributed by atoms with Crippen molar-refractivity contribution >= 4 is 34.8 Å². The van der Waals surface area contributed by atoms with E-state index in [-0.39, 0.29) is 29.4 Å². The third kappa shape index (κ3) is 7.14. The summed E-state index contributed by atoms with van der Waals surface area (Å²) in [5.74, 6) is -0.115. The third-order valence-electron chi connectivity index (χ3n) is 7.87. The van der Waals surface area contributed by atoms with Gasteiger partial charge in [0.05, 0.1) is 51.5 Å². The number of hydrogen-bond acceptors (Lipinski definition) is 11. The first-order valence-corrected chi connectivity index (χ1v) is 16.4. The quantitative estimate of drug-likeness (QED) is 0.0942. The lowest BCUT2D eigenvalue weighted by molar-refractivity contribution is -0.394. The second-order valence-electron chi connectivity index (χ2n) is 11.4. The van der Waals surface area contributed by atoms with Crippen molar-refractivity contribution in [2.24, 2.45) is 4.99 Å². The van der Waals surface area contributed by atoms with Crippen LogP contribution in [-0.4, -0.2) is 34.1 Å². The van der Waals surface area contributed by atoms with Crippen molar-refractivity contribution in [3.63, 3.8) is 0 Å². The van der Waals surface area contributed by atoms with Crippen LogP contribution in [0.2, 0.25) is 0 Å². The fourth-order valence-corrected chi connectivity index (χ4v) is 6.50. The predicted molar refractivity (Wildman–Crippen MR) is 183 cm³/mol. The molecule has 0 saturated carbocycles. The highest BCUT2D eigenvalue weighted by Gasteiger charge is 2.34. The summed E-state index contributed by atoms with van der Waals surface area (Å²) < 4.78 is 18.6. The number of aromatic nitrogens is 1. The van der Waals surface area contributed by atoms with Gasteiger partial charge in [-0.1, -0.05) is 68.9 Å². The Morgan fingerprint density at radius 1 is 1.00 bits per heavy atom. The highest BCUT2D eigenvalue weighted by Crippen LogP contribution is 2.39. The second kappa shape index (κ2) is 14.6. The molecule has 49 heavy (non-hydrogen) atoms. The highest BCUT2D eigenvalue weighted by atomic mass is 32.1. The van der Waals surface area contributed by atoms with E-state index in [9.17, 15) is 29.8 Å². The van der Waals surface area contributed by atoms with Crippen LogP contribution in [0.15, 0.2) is 81.7 Å². The van der Waals surface area contributed by atoms with Gasteiger partial charge in [0.1, 0.15) is 0 Å². The molecule has 0 bridgehead atoms. The molecule has 3 aromatic carbocycles. The summed E-state index contributed by atoms with van der Waals surface area (Å²) in [4.78, 5) is 54.1. The zero-order valence-corrected chi connectivity index (χ0v) is 28.3. The van der Waals surface area contributed by atoms with Gasteiger partial charge in [-0.15, -0.1) is 0 Å². The Kier molecular flexibility index (Phi) is 10.4. The van der Waals surface area contributed by atoms with E-state index >= 15 is 0 Å². The predicted octanol–water partition coefficient (Wildman–Crippen LogP) is 6.32. The molecule has 13 nitrogen and oxygen atoms in total. The number of thiazole rings is 1. The molecule has 0 N–H and O–H groups in total. The summed E-state index contributed by atoms with van der Waals surface area (Å²) in [6.07, 6.45) is 2.91. The Morgan fingerprint density at radius 2 is 1.71 bits per heavy atom. The molecule has 1 aliphatic heterocycles. The standard InChI is InChI=1S/C35H34N4O9S/c1-6-8-25-31(34(41)47-7-2)32(23-12-10-22(11-13-23)20(3)4)37-33(40)30(49-35(37)36-25)18-21-9-15-28(29(17-21)46-5)48-27-16-14-24(38(42)43)19-26(27)39(44)45/h9-20,32H,6-8H2,1-5H3/b30-18-/t32-/m1/s1. The zero-order chi connectivity index (χ0) is 35.4. The third-order valence-corrected chi connectivity index (χ3v) is 8.85. The summed E-state index contributed by atoms with van der Waals surface area (Å²) in [6, 6.07) is 14.9. The monoisotopic (exact) mass is 686 g/mol. The summed E-state index contributed by atoms with van der Waals surface area (Å²) in [5, 5.41) is 22.7. The molecule has 1 aliphatic rings. The number of carbonyl (C=O) groups is 1. The molecule has 0 aliphatic carbocycles. The Bertz CT molecular complexity index is 2150. The van der Waals surface area contributed by atoms with Gasteiger partial charge in [-0.25, -0.2) is 9.79 Å². The van der Waals surface area contributed by atoms with Crippen molar-refractivity contribution in [1.82, 2.24) is 4.57 Å². The highest BCUT2D eigenvalue weighted by molar-refractivity contribution is 7.07. The van der Waals surface area contributed by atoms with E-state index in [1.54, 1.807) is 25.1 Å². The normalized spacial score (nSPS) is 14.3. The maximum atomic E-state index is 14.1. The molecule has 14 heteroatoms. The van der Waals surface area contributed by atoms with Crippen molar-refractivity contribution in [1.29, 1.82) is 0 Å². The fourth-order valence-electron chi connectivity index (χ4n) is 5.48. The number of hydrogen-bond donors (Lipinski definition) is 0. The van der Waals surface area contributed by atoms with Gasteiger partial charge in [0, 0.05) is 6.07 Å². The minimum absolute atomic E-state index is 0.117. The molecule has 5 rings (SSSR count). The van der Waals surface area contributed by atoms with Crippen LogP contribution >= 0.6 is 11.3 Å². The van der Waals surface area contributed by atoms with Gasteiger partial charge in [-0.3, -0.25) is 29.6 Å². The summed E-state index contributed by atoms with van der Waals surface area (Å²) >= 11 is 1.19. The minimum Gasteiger partial charge on any atom is -0.493 e. The van der Waals surface area contributed by atoms with E-state index in [2.05, 4.69) is 13.8 Å². The molecule has 0 radical (unpaired) electrons. The number of nitro benzene ring substituents is 2. The lowest BCUT2D eigenvalue weighted by Crippen LogP contribution is -2.40. The number of fused-ring (bicyclic) bond motifs is 1. The minimum atomic E-state index is -0.770. The molecule has 1 aromatic heterocycles. The Hall–Kier alpha value is -5.63. The number of esters is 1. The van der Waals surface area contributed by atoms with Crippen LogP contribution in [0.25, 0.3) is 6.08 Å². The first kappa shape index (κ1) is 34.7. The van der Waals surface area contributed by atoms with Crippen molar-refractivity contribution in [2.75, 3.05) is 13.7 Å². The van der Waals surface area contributed by atoms with E-state index in [1.807, 2.05) is 31.2 Å². The number of methoxy groups -OCH3 is 1. The number of nitrogens with zero attached hydrogens (tertiary/aromatic N) is 4. The van der Waals surface area contributed by atoms with Crippen LogP contribution in [0.1, 0.15) is 69.2 Å². The number of benzene rings is 3. The van der Waals surface area contributed by atoms with Gasteiger partial charge in [0.2, 0.25) is 5.75 Å². The van der Waals surface area contributed by atoms with Crippen molar-refractivity contribution in [3.05, 3.63) is 129 Å². The molecule has 0 amide bonds. The topological polar surface area (TPSA) is 165 Å². The molecule has 0 fully saturated rings. The van der Waals surface area contributed by atoms with E-state index in [1.165, 1.54) is 29.1 Å². The summed E-state index contributed by atoms with van der Waals surface area (Å²) in [5.41, 5.74) is 1.97. The summed E-state index contributed by atoms with van der Waals surface area (Å²) in [6.45, 7) is 8.08. The largest absolute Gasteiger partial charge is 0.493 e. The average Bonchev–Trinajstić information content (AvgIpc) is 3.38. The van der Waals surface area contributed by atoms with E-state index in [0.29, 0.717) is 38.5 Å². The van der Waals surface area contributed by atoms with Crippen LogP contribution in [0, 0.1) is 20.2 Å². The Balaban J connectivity index is 1.61. The van der Waals surface area contributed by atoms with Gasteiger partial charge in [-0.2, -0.15) is 0 Å². The van der Waals surface area contributed by atoms with Crippen LogP contribution in [0.4, 0.5) is 11.4 Å². The van der Waals surface area contributed by atoms with Crippen LogP contribution < -0.4 is 24.4 Å². The molecule has 1 atom stereocenters. The molecule has 4 aromatic rings. The molecule has 2 heterocycles. The van der Waals surface area contributed by atoms with Gasteiger partial charge in [0.15, 0.2) is 16.3 Å². The lowest BCUT2D eigenvalue weighted by atomic mass is 9.92. The summed E-state index contributed by atoms with van der Waals surface area (Å²) in [7, 11) is 1.39. The van der Waals surface area contributed by atoms with E-state index in [0.717, 1.165) is 35.7 Å². The molecular weight excluding hydrogens is 652 g/mol. The Morgan fingerprint density at radius 3 is 2.33 bits per heavy atom. The Labute approximate surface area is 284 Å². The second-order valence-corrected chi connectivity index (χ2v) is 12.4. The molecular formula is C35H34N4O9S. The molecule has 0 unspecified atom stereocenters. The SMILES string of the molecule is CCCC1=C(C(=O)OCC)[C@@H](c2ccc(C(C)C)cc2)n2c(s/c(=C\c3ccc(Oc4ccc([N+](=O)[O-])cc4[N+](=O)[O-])c(OC)c3)c2=O)=N1. The van der Waals surface area contributed by atoms with Gasteiger partial charge >= 0.3 is 11.7 Å².